The monoisotopic (exact) mass is 174 g/mol. The molecule has 0 aliphatic rings. The molecular formula is C9H22N2O. The van der Waals surface area contributed by atoms with Crippen LogP contribution in [0.3, 0.4) is 0 Å². The van der Waals surface area contributed by atoms with Gasteiger partial charge in [-0.25, -0.2) is 0 Å². The fourth-order valence-electron chi connectivity index (χ4n) is 0.933. The van der Waals surface area contributed by atoms with Gasteiger partial charge in [0.2, 0.25) is 0 Å². The Morgan fingerprint density at radius 1 is 1.42 bits per heavy atom. The van der Waals surface area contributed by atoms with Crippen LogP contribution in [0.1, 0.15) is 13.3 Å². The predicted octanol–water partition coefficient (Wildman–Crippen LogP) is 0.156. The van der Waals surface area contributed by atoms with Crippen molar-refractivity contribution in [3.05, 3.63) is 0 Å². The number of nitrogens with zero attached hydrogens (tertiary/aromatic N) is 1. The smallest absolute Gasteiger partial charge is 0.0468 e. The second-order valence-electron chi connectivity index (χ2n) is 3.65. The zero-order chi connectivity index (χ0) is 9.40. The van der Waals surface area contributed by atoms with Crippen molar-refractivity contribution in [2.24, 2.45) is 5.92 Å². The minimum absolute atomic E-state index is 0.278. The van der Waals surface area contributed by atoms with Crippen LogP contribution in [-0.4, -0.2) is 50.3 Å². The van der Waals surface area contributed by atoms with E-state index in [4.69, 9.17) is 5.11 Å². The molecule has 0 aliphatic carbocycles. The number of aliphatic hydroxyl groups excluding tert-OH is 1. The first kappa shape index (κ1) is 11.9. The van der Waals surface area contributed by atoms with Crippen LogP contribution >= 0.6 is 0 Å². The zero-order valence-electron chi connectivity index (χ0n) is 8.51. The molecule has 0 aromatic rings. The average Bonchev–Trinajstić information content (AvgIpc) is 2.03. The summed E-state index contributed by atoms with van der Waals surface area (Å²) in [5.41, 5.74) is 0. The van der Waals surface area contributed by atoms with Crippen molar-refractivity contribution in [1.29, 1.82) is 0 Å². The summed E-state index contributed by atoms with van der Waals surface area (Å²) in [6.45, 7) is 5.41. The number of nitrogens with one attached hydrogen (secondary N) is 1. The fourth-order valence-corrected chi connectivity index (χ4v) is 0.933. The second-order valence-corrected chi connectivity index (χ2v) is 3.65. The summed E-state index contributed by atoms with van der Waals surface area (Å²) in [5.74, 6) is 0.379. The number of hydrogen-bond donors (Lipinski definition) is 2. The molecule has 0 bridgehead atoms. The van der Waals surface area contributed by atoms with E-state index in [1.54, 1.807) is 0 Å². The highest BCUT2D eigenvalue weighted by atomic mass is 16.3. The Hall–Kier alpha value is -0.120. The van der Waals surface area contributed by atoms with E-state index >= 15 is 0 Å². The van der Waals surface area contributed by atoms with Crippen molar-refractivity contribution in [3.63, 3.8) is 0 Å². The maximum absolute atomic E-state index is 8.73. The van der Waals surface area contributed by atoms with Gasteiger partial charge in [-0.2, -0.15) is 0 Å². The first-order valence-corrected chi connectivity index (χ1v) is 4.63. The molecule has 0 heterocycles. The van der Waals surface area contributed by atoms with Crippen molar-refractivity contribution < 1.29 is 5.11 Å². The summed E-state index contributed by atoms with van der Waals surface area (Å²) in [6.07, 6.45) is 1.17. The molecule has 2 N–H and O–H groups in total. The Labute approximate surface area is 75.8 Å². The summed E-state index contributed by atoms with van der Waals surface area (Å²) in [6, 6.07) is 0. The van der Waals surface area contributed by atoms with E-state index in [1.165, 1.54) is 6.42 Å². The van der Waals surface area contributed by atoms with Gasteiger partial charge in [-0.05, 0) is 46.1 Å². The largest absolute Gasteiger partial charge is 0.396 e. The van der Waals surface area contributed by atoms with Gasteiger partial charge in [-0.3, -0.25) is 0 Å². The minimum Gasteiger partial charge on any atom is -0.396 e. The van der Waals surface area contributed by atoms with Gasteiger partial charge in [0.25, 0.3) is 0 Å². The van der Waals surface area contributed by atoms with Crippen molar-refractivity contribution in [2.75, 3.05) is 40.3 Å². The minimum atomic E-state index is 0.278. The van der Waals surface area contributed by atoms with Crippen molar-refractivity contribution in [1.82, 2.24) is 10.2 Å². The lowest BCUT2D eigenvalue weighted by Gasteiger charge is -2.11. The van der Waals surface area contributed by atoms with Gasteiger partial charge in [-0.15, -0.1) is 0 Å². The molecule has 1 unspecified atom stereocenters. The molecule has 0 saturated carbocycles. The third-order valence-corrected chi connectivity index (χ3v) is 1.76. The van der Waals surface area contributed by atoms with Crippen LogP contribution in [0.15, 0.2) is 0 Å². The van der Waals surface area contributed by atoms with Crippen LogP contribution in [0.4, 0.5) is 0 Å². The molecule has 74 valence electrons. The first-order chi connectivity index (χ1) is 5.66. The standard InChI is InChI=1S/C9H22N2O/c1-9(8-12)7-10-5-4-6-11(2)3/h9-10,12H,4-8H2,1-3H3. The Kier molecular flexibility index (Phi) is 7.45. The van der Waals surface area contributed by atoms with Crippen LogP contribution in [-0.2, 0) is 0 Å². The SMILES string of the molecule is CC(CO)CNCCCN(C)C. The van der Waals surface area contributed by atoms with E-state index in [2.05, 4.69) is 24.3 Å². The Morgan fingerprint density at radius 2 is 2.08 bits per heavy atom. The molecule has 0 radical (unpaired) electrons. The Bertz CT molecular complexity index is 96.5. The second kappa shape index (κ2) is 7.53. The topological polar surface area (TPSA) is 35.5 Å². The van der Waals surface area contributed by atoms with Crippen LogP contribution in [0.5, 0.6) is 0 Å². The molecule has 0 fully saturated rings. The summed E-state index contributed by atoms with van der Waals surface area (Å²) in [7, 11) is 4.16. The lowest BCUT2D eigenvalue weighted by molar-refractivity contribution is 0.233. The normalized spacial score (nSPS) is 13.8. The number of hydrogen-bond acceptors (Lipinski definition) is 3. The molecule has 0 aliphatic heterocycles. The van der Waals surface area contributed by atoms with Gasteiger partial charge in [0.1, 0.15) is 0 Å². The van der Waals surface area contributed by atoms with E-state index in [0.717, 1.165) is 19.6 Å². The van der Waals surface area contributed by atoms with Gasteiger partial charge in [0, 0.05) is 6.61 Å². The van der Waals surface area contributed by atoms with Gasteiger partial charge in [-0.1, -0.05) is 6.92 Å². The number of aliphatic hydroxyl groups is 1. The Balaban J connectivity index is 3.00. The van der Waals surface area contributed by atoms with E-state index in [-0.39, 0.29) is 6.61 Å². The highest BCUT2D eigenvalue weighted by Crippen LogP contribution is 1.88. The van der Waals surface area contributed by atoms with E-state index < -0.39 is 0 Å². The number of rotatable bonds is 7. The third-order valence-electron chi connectivity index (χ3n) is 1.76. The fraction of sp³-hybridized carbons (Fsp3) is 1.00. The molecule has 3 nitrogen and oxygen atoms in total. The lowest BCUT2D eigenvalue weighted by atomic mass is 10.2. The molecule has 0 aromatic heterocycles. The van der Waals surface area contributed by atoms with Crippen molar-refractivity contribution in [3.8, 4) is 0 Å². The highest BCUT2D eigenvalue weighted by Gasteiger charge is 1.97. The van der Waals surface area contributed by atoms with Gasteiger partial charge in [0.05, 0.1) is 0 Å². The van der Waals surface area contributed by atoms with Crippen LogP contribution < -0.4 is 5.32 Å². The molecule has 0 amide bonds. The molecule has 0 aromatic carbocycles. The zero-order valence-corrected chi connectivity index (χ0v) is 8.51. The van der Waals surface area contributed by atoms with Crippen molar-refractivity contribution in [2.45, 2.75) is 13.3 Å². The van der Waals surface area contributed by atoms with E-state index in [0.29, 0.717) is 5.92 Å². The summed E-state index contributed by atoms with van der Waals surface area (Å²) in [5, 5.41) is 12.0. The van der Waals surface area contributed by atoms with Gasteiger partial charge >= 0.3 is 0 Å². The lowest BCUT2D eigenvalue weighted by Crippen LogP contribution is -2.26. The third kappa shape index (κ3) is 7.98. The molecule has 0 saturated heterocycles. The van der Waals surface area contributed by atoms with Gasteiger partial charge in [0.15, 0.2) is 0 Å². The van der Waals surface area contributed by atoms with Gasteiger partial charge < -0.3 is 15.3 Å². The quantitative estimate of drug-likeness (QED) is 0.540. The van der Waals surface area contributed by atoms with Crippen molar-refractivity contribution >= 4 is 0 Å². The van der Waals surface area contributed by atoms with Crippen LogP contribution in [0.25, 0.3) is 0 Å². The molecular weight excluding hydrogens is 152 g/mol. The predicted molar refractivity (Wildman–Crippen MR) is 52.3 cm³/mol. The molecule has 0 spiro atoms. The summed E-state index contributed by atoms with van der Waals surface area (Å²) in [4.78, 5) is 2.18. The summed E-state index contributed by atoms with van der Waals surface area (Å²) < 4.78 is 0. The average molecular weight is 174 g/mol. The van der Waals surface area contributed by atoms with E-state index in [9.17, 15) is 0 Å². The van der Waals surface area contributed by atoms with E-state index in [1.807, 2.05) is 6.92 Å². The first-order valence-electron chi connectivity index (χ1n) is 4.63. The molecule has 0 rings (SSSR count). The van der Waals surface area contributed by atoms with Crippen LogP contribution in [0, 0.1) is 5.92 Å². The molecule has 1 atom stereocenters. The molecule has 3 heteroatoms. The maximum atomic E-state index is 8.73. The maximum Gasteiger partial charge on any atom is 0.0468 e. The highest BCUT2D eigenvalue weighted by molar-refractivity contribution is 4.55. The van der Waals surface area contributed by atoms with Crippen LogP contribution in [0.2, 0.25) is 0 Å². The summed E-state index contributed by atoms with van der Waals surface area (Å²) >= 11 is 0. The Morgan fingerprint density at radius 3 is 2.58 bits per heavy atom. The molecule has 12 heavy (non-hydrogen) atoms.